The van der Waals surface area contributed by atoms with Crippen LogP contribution in [0.25, 0.3) is 99.2 Å². The lowest BCUT2D eigenvalue weighted by Gasteiger charge is -2.14. The van der Waals surface area contributed by atoms with Crippen molar-refractivity contribution >= 4 is 65.2 Å². The van der Waals surface area contributed by atoms with Gasteiger partial charge in [0.05, 0.1) is 39.6 Å². The Bertz CT molecular complexity index is 3160. The number of para-hydroxylation sites is 1. The first-order chi connectivity index (χ1) is 25.8. The van der Waals surface area contributed by atoms with Gasteiger partial charge in [-0.3, -0.25) is 0 Å². The molecule has 0 bridgehead atoms. The predicted octanol–water partition coefficient (Wildman–Crippen LogP) is 12.3. The quantitative estimate of drug-likeness (QED) is 0.188. The number of fused-ring (bicyclic) bond motifs is 9. The molecule has 52 heavy (non-hydrogen) atoms. The molecular weight excluding hydrogens is 633 g/mol. The van der Waals surface area contributed by atoms with E-state index in [0.29, 0.717) is 5.82 Å². The molecule has 0 fully saturated rings. The number of aromatic nitrogens is 4. The summed E-state index contributed by atoms with van der Waals surface area (Å²) in [5.41, 5.74) is 9.61. The van der Waals surface area contributed by atoms with Crippen LogP contribution in [-0.2, 0) is 0 Å². The van der Waals surface area contributed by atoms with Gasteiger partial charge in [0.15, 0.2) is 5.82 Å². The summed E-state index contributed by atoms with van der Waals surface area (Å²) in [6.07, 6.45) is 2.01. The summed E-state index contributed by atoms with van der Waals surface area (Å²) in [5, 5.41) is 9.72. The Labute approximate surface area is 299 Å². The molecule has 242 valence electrons. The molecule has 4 heteroatoms. The number of benzene rings is 8. The molecule has 0 radical (unpaired) electrons. The maximum Gasteiger partial charge on any atom is 0.159 e. The Kier molecular flexibility index (Phi) is 6.22. The van der Waals surface area contributed by atoms with Gasteiger partial charge in [0.2, 0.25) is 0 Å². The predicted molar refractivity (Wildman–Crippen MR) is 217 cm³/mol. The minimum Gasteiger partial charge on any atom is -0.309 e. The molecule has 3 heterocycles. The van der Waals surface area contributed by atoms with Crippen LogP contribution in [0.3, 0.4) is 0 Å². The van der Waals surface area contributed by atoms with Gasteiger partial charge in [0.25, 0.3) is 0 Å². The first-order valence-electron chi connectivity index (χ1n) is 17.7. The van der Waals surface area contributed by atoms with E-state index in [0.717, 1.165) is 39.2 Å². The zero-order valence-corrected chi connectivity index (χ0v) is 28.1. The fourth-order valence-electron chi connectivity index (χ4n) is 8.17. The monoisotopic (exact) mass is 662 g/mol. The minimum absolute atomic E-state index is 0.703. The molecule has 0 aliphatic carbocycles. The molecule has 0 saturated heterocycles. The standard InChI is InChI=1S/C48H30N4/c1-4-15-32(16-5-1)47-45(30-49-48(50-47)33-17-6-2-7-18-33)52-41-25-24-31-14-12-13-23-37(31)46(41)40-29-43-39(28-44(40)52)38-26-34-19-10-11-20-35(34)27-42(38)51(43)36-21-8-3-9-22-36/h1-30H. The third-order valence-electron chi connectivity index (χ3n) is 10.5. The van der Waals surface area contributed by atoms with Gasteiger partial charge in [0.1, 0.15) is 0 Å². The van der Waals surface area contributed by atoms with Gasteiger partial charge in [-0.05, 0) is 64.0 Å². The Balaban J connectivity index is 1.32. The highest BCUT2D eigenvalue weighted by molar-refractivity contribution is 6.26. The zero-order chi connectivity index (χ0) is 34.2. The number of rotatable bonds is 4. The molecule has 8 aromatic carbocycles. The number of hydrogen-bond acceptors (Lipinski definition) is 2. The molecule has 11 rings (SSSR count). The second-order valence-electron chi connectivity index (χ2n) is 13.4. The molecule has 0 aliphatic rings. The topological polar surface area (TPSA) is 35.6 Å². The van der Waals surface area contributed by atoms with E-state index in [1.165, 1.54) is 54.1 Å². The molecule has 0 aliphatic heterocycles. The maximum absolute atomic E-state index is 5.30. The zero-order valence-electron chi connectivity index (χ0n) is 28.1. The van der Waals surface area contributed by atoms with E-state index in [4.69, 9.17) is 9.97 Å². The van der Waals surface area contributed by atoms with Gasteiger partial charge in [0, 0.05) is 38.4 Å². The highest BCUT2D eigenvalue weighted by atomic mass is 15.0. The van der Waals surface area contributed by atoms with Gasteiger partial charge < -0.3 is 9.13 Å². The maximum atomic E-state index is 5.30. The lowest BCUT2D eigenvalue weighted by atomic mass is 10.0. The Morgan fingerprint density at radius 1 is 0.385 bits per heavy atom. The second-order valence-corrected chi connectivity index (χ2v) is 13.4. The van der Waals surface area contributed by atoms with E-state index >= 15 is 0 Å². The first kappa shape index (κ1) is 28.8. The SMILES string of the molecule is c1ccc(-c2ncc(-n3c4cc5c6cc7ccccc7cc6n(-c6ccccc6)c5cc4c4c5ccccc5ccc43)c(-c3ccccc3)n2)cc1. The highest BCUT2D eigenvalue weighted by Crippen LogP contribution is 2.43. The summed E-state index contributed by atoms with van der Waals surface area (Å²) in [7, 11) is 0. The van der Waals surface area contributed by atoms with Gasteiger partial charge in [-0.15, -0.1) is 0 Å². The van der Waals surface area contributed by atoms with Crippen LogP contribution in [0.4, 0.5) is 0 Å². The summed E-state index contributed by atoms with van der Waals surface area (Å²) < 4.78 is 4.82. The summed E-state index contributed by atoms with van der Waals surface area (Å²) in [4.78, 5) is 10.3. The Hall–Kier alpha value is -7.04. The van der Waals surface area contributed by atoms with Crippen LogP contribution >= 0.6 is 0 Å². The molecular formula is C48H30N4. The first-order valence-corrected chi connectivity index (χ1v) is 17.7. The number of hydrogen-bond donors (Lipinski definition) is 0. The van der Waals surface area contributed by atoms with E-state index in [9.17, 15) is 0 Å². The van der Waals surface area contributed by atoms with Crippen LogP contribution in [-0.4, -0.2) is 19.1 Å². The average molecular weight is 663 g/mol. The van der Waals surface area contributed by atoms with Gasteiger partial charge >= 0.3 is 0 Å². The lowest BCUT2D eigenvalue weighted by molar-refractivity contribution is 1.09. The molecule has 0 spiro atoms. The van der Waals surface area contributed by atoms with Crippen LogP contribution < -0.4 is 0 Å². The van der Waals surface area contributed by atoms with Crippen LogP contribution in [0.2, 0.25) is 0 Å². The summed E-state index contributed by atoms with van der Waals surface area (Å²) >= 11 is 0. The van der Waals surface area contributed by atoms with Gasteiger partial charge in [-0.25, -0.2) is 9.97 Å². The van der Waals surface area contributed by atoms with Crippen LogP contribution in [0, 0.1) is 0 Å². The van der Waals surface area contributed by atoms with Crippen molar-refractivity contribution in [3.63, 3.8) is 0 Å². The van der Waals surface area contributed by atoms with Crippen molar-refractivity contribution in [1.82, 2.24) is 19.1 Å². The fraction of sp³-hybridized carbons (Fsp3) is 0. The highest BCUT2D eigenvalue weighted by Gasteiger charge is 2.23. The third kappa shape index (κ3) is 4.28. The van der Waals surface area contributed by atoms with Gasteiger partial charge in [-0.2, -0.15) is 0 Å². The van der Waals surface area contributed by atoms with Crippen molar-refractivity contribution in [3.8, 4) is 34.0 Å². The molecule has 0 atom stereocenters. The van der Waals surface area contributed by atoms with Crippen molar-refractivity contribution < 1.29 is 0 Å². The van der Waals surface area contributed by atoms with Crippen molar-refractivity contribution in [2.45, 2.75) is 0 Å². The molecule has 0 unspecified atom stereocenters. The van der Waals surface area contributed by atoms with Crippen LogP contribution in [0.5, 0.6) is 0 Å². The summed E-state index contributed by atoms with van der Waals surface area (Å²) in [6.45, 7) is 0. The molecule has 0 N–H and O–H groups in total. The Morgan fingerprint density at radius 2 is 0.962 bits per heavy atom. The minimum atomic E-state index is 0.703. The largest absolute Gasteiger partial charge is 0.309 e. The van der Waals surface area contributed by atoms with E-state index in [-0.39, 0.29) is 0 Å². The average Bonchev–Trinajstić information content (AvgIpc) is 3.71. The van der Waals surface area contributed by atoms with Crippen molar-refractivity contribution in [2.75, 3.05) is 0 Å². The third-order valence-corrected chi connectivity index (χ3v) is 10.5. The van der Waals surface area contributed by atoms with E-state index < -0.39 is 0 Å². The molecule has 4 nitrogen and oxygen atoms in total. The van der Waals surface area contributed by atoms with Crippen molar-refractivity contribution in [1.29, 1.82) is 0 Å². The lowest BCUT2D eigenvalue weighted by Crippen LogP contribution is -2.02. The molecule has 0 saturated carbocycles. The van der Waals surface area contributed by atoms with Crippen molar-refractivity contribution in [3.05, 3.63) is 182 Å². The molecule has 3 aromatic heterocycles. The van der Waals surface area contributed by atoms with Crippen molar-refractivity contribution in [2.24, 2.45) is 0 Å². The Morgan fingerprint density at radius 3 is 1.73 bits per heavy atom. The van der Waals surface area contributed by atoms with Gasteiger partial charge in [-0.1, -0.05) is 133 Å². The molecule has 11 aromatic rings. The smallest absolute Gasteiger partial charge is 0.159 e. The van der Waals surface area contributed by atoms with E-state index in [1.54, 1.807) is 0 Å². The van der Waals surface area contributed by atoms with Crippen LogP contribution in [0.15, 0.2) is 182 Å². The number of nitrogens with zero attached hydrogens (tertiary/aromatic N) is 4. The summed E-state index contributed by atoms with van der Waals surface area (Å²) in [5.74, 6) is 0.703. The second kappa shape index (κ2) is 11.2. The normalized spacial score (nSPS) is 11.8. The summed E-state index contributed by atoms with van der Waals surface area (Å²) in [6, 6.07) is 62.8. The molecule has 0 amide bonds. The van der Waals surface area contributed by atoms with E-state index in [1.807, 2.05) is 24.4 Å². The van der Waals surface area contributed by atoms with Crippen LogP contribution in [0.1, 0.15) is 0 Å². The fourth-order valence-corrected chi connectivity index (χ4v) is 8.17. The van der Waals surface area contributed by atoms with E-state index in [2.05, 4.69) is 167 Å².